The summed E-state index contributed by atoms with van der Waals surface area (Å²) >= 11 is 0. The van der Waals surface area contributed by atoms with Crippen molar-refractivity contribution < 1.29 is 13.0 Å². The van der Waals surface area contributed by atoms with Crippen LogP contribution < -0.4 is 11.1 Å². The van der Waals surface area contributed by atoms with Crippen LogP contribution in [0.1, 0.15) is 0 Å². The molecule has 2 aromatic rings. The summed E-state index contributed by atoms with van der Waals surface area (Å²) in [5.74, 6) is 0.309. The monoisotopic (exact) mass is 267 g/mol. The maximum atomic E-state index is 10.8. The third-order valence-corrected chi connectivity index (χ3v) is 2.87. The molecule has 0 atom stereocenters. The highest BCUT2D eigenvalue weighted by Gasteiger charge is 2.08. The molecule has 0 bridgehead atoms. The molecule has 9 heteroatoms. The Morgan fingerprint density at radius 2 is 1.83 bits per heavy atom. The van der Waals surface area contributed by atoms with Crippen molar-refractivity contribution in [3.63, 3.8) is 0 Å². The van der Waals surface area contributed by atoms with E-state index < -0.39 is 10.1 Å². The SMILES string of the molecule is Nc1ncnc(Nc2ccc(S(=O)(=O)O)cc2)n1. The third-order valence-electron chi connectivity index (χ3n) is 2.00. The average molecular weight is 267 g/mol. The van der Waals surface area contributed by atoms with Crippen molar-refractivity contribution in [2.45, 2.75) is 4.90 Å². The molecule has 1 aromatic carbocycles. The van der Waals surface area contributed by atoms with Crippen LogP contribution in [0.4, 0.5) is 17.6 Å². The summed E-state index contributed by atoms with van der Waals surface area (Å²) in [5, 5.41) is 2.80. The Bertz CT molecular complexity index is 656. The Morgan fingerprint density at radius 3 is 2.39 bits per heavy atom. The lowest BCUT2D eigenvalue weighted by molar-refractivity contribution is 0.483. The quantitative estimate of drug-likeness (QED) is 0.683. The van der Waals surface area contributed by atoms with Gasteiger partial charge in [-0.25, -0.2) is 9.97 Å². The van der Waals surface area contributed by atoms with E-state index in [-0.39, 0.29) is 16.8 Å². The van der Waals surface area contributed by atoms with Gasteiger partial charge in [-0.3, -0.25) is 4.55 Å². The van der Waals surface area contributed by atoms with Crippen molar-refractivity contribution in [2.75, 3.05) is 11.1 Å². The molecule has 2 rings (SSSR count). The molecule has 0 amide bonds. The average Bonchev–Trinajstić information content (AvgIpc) is 2.28. The topological polar surface area (TPSA) is 131 Å². The molecule has 1 heterocycles. The third kappa shape index (κ3) is 2.90. The first-order chi connectivity index (χ1) is 8.45. The van der Waals surface area contributed by atoms with Crippen molar-refractivity contribution >= 4 is 27.7 Å². The van der Waals surface area contributed by atoms with Gasteiger partial charge in [0.2, 0.25) is 11.9 Å². The lowest BCUT2D eigenvalue weighted by atomic mass is 10.3. The van der Waals surface area contributed by atoms with Gasteiger partial charge >= 0.3 is 0 Å². The van der Waals surface area contributed by atoms with Crippen molar-refractivity contribution in [1.82, 2.24) is 15.0 Å². The number of rotatable bonds is 3. The minimum absolute atomic E-state index is 0.0713. The number of nitrogens with one attached hydrogen (secondary N) is 1. The van der Waals surface area contributed by atoms with Crippen LogP contribution in [-0.2, 0) is 10.1 Å². The number of hydrogen-bond donors (Lipinski definition) is 3. The Morgan fingerprint density at radius 1 is 1.17 bits per heavy atom. The van der Waals surface area contributed by atoms with Crippen molar-refractivity contribution in [1.29, 1.82) is 0 Å². The number of nitrogens with zero attached hydrogens (tertiary/aromatic N) is 3. The van der Waals surface area contributed by atoms with Gasteiger partial charge in [0.15, 0.2) is 0 Å². The van der Waals surface area contributed by atoms with E-state index in [0.717, 1.165) is 0 Å². The van der Waals surface area contributed by atoms with Crippen molar-refractivity contribution in [3.8, 4) is 0 Å². The van der Waals surface area contributed by atoms with Gasteiger partial charge in [0.05, 0.1) is 4.90 Å². The van der Waals surface area contributed by atoms with Gasteiger partial charge in [0.25, 0.3) is 10.1 Å². The number of nitrogens with two attached hydrogens (primary N) is 1. The Balaban J connectivity index is 2.21. The molecule has 0 saturated carbocycles. The Hall–Kier alpha value is -2.26. The van der Waals surface area contributed by atoms with E-state index in [1.165, 1.54) is 30.6 Å². The largest absolute Gasteiger partial charge is 0.368 e. The van der Waals surface area contributed by atoms with Gasteiger partial charge in [-0.05, 0) is 24.3 Å². The molecule has 0 saturated heterocycles. The molecular formula is C9H9N5O3S. The van der Waals surface area contributed by atoms with E-state index >= 15 is 0 Å². The van der Waals surface area contributed by atoms with Gasteiger partial charge in [-0.15, -0.1) is 0 Å². The lowest BCUT2D eigenvalue weighted by Gasteiger charge is -2.04. The van der Waals surface area contributed by atoms with Gasteiger partial charge in [-0.1, -0.05) is 0 Å². The molecule has 0 aliphatic carbocycles. The Kier molecular flexibility index (Phi) is 3.08. The first-order valence-electron chi connectivity index (χ1n) is 4.74. The summed E-state index contributed by atoms with van der Waals surface area (Å²) in [6.45, 7) is 0. The predicted molar refractivity (Wildman–Crippen MR) is 63.8 cm³/mol. The van der Waals surface area contributed by atoms with Crippen LogP contribution in [0, 0.1) is 0 Å². The number of hydrogen-bond acceptors (Lipinski definition) is 7. The molecule has 8 nitrogen and oxygen atoms in total. The van der Waals surface area contributed by atoms with E-state index in [9.17, 15) is 8.42 Å². The molecule has 18 heavy (non-hydrogen) atoms. The molecule has 0 aliphatic rings. The molecule has 1 aromatic heterocycles. The van der Waals surface area contributed by atoms with Crippen LogP contribution in [0.25, 0.3) is 0 Å². The van der Waals surface area contributed by atoms with Crippen molar-refractivity contribution in [3.05, 3.63) is 30.6 Å². The molecule has 0 radical (unpaired) electrons. The zero-order valence-corrected chi connectivity index (χ0v) is 9.79. The first-order valence-corrected chi connectivity index (χ1v) is 6.18. The summed E-state index contributed by atoms with van der Waals surface area (Å²) in [7, 11) is -4.19. The summed E-state index contributed by atoms with van der Waals surface area (Å²) in [6, 6.07) is 5.43. The van der Waals surface area contributed by atoms with Gasteiger partial charge < -0.3 is 11.1 Å². The highest BCUT2D eigenvalue weighted by atomic mass is 32.2. The first kappa shape index (κ1) is 12.2. The minimum Gasteiger partial charge on any atom is -0.368 e. The van der Waals surface area contributed by atoms with E-state index in [2.05, 4.69) is 20.3 Å². The Labute approximate surface area is 103 Å². The zero-order chi connectivity index (χ0) is 13.2. The number of nitrogen functional groups attached to an aromatic ring is 1. The van der Waals surface area contributed by atoms with Crippen LogP contribution in [0.3, 0.4) is 0 Å². The number of benzene rings is 1. The highest BCUT2D eigenvalue weighted by Crippen LogP contribution is 2.16. The maximum absolute atomic E-state index is 10.8. The van der Waals surface area contributed by atoms with Crippen LogP contribution in [-0.4, -0.2) is 27.9 Å². The summed E-state index contributed by atoms with van der Waals surface area (Å²) in [4.78, 5) is 11.1. The van der Waals surface area contributed by atoms with E-state index in [4.69, 9.17) is 10.3 Å². The summed E-state index contributed by atoms with van der Waals surface area (Å²) in [5.41, 5.74) is 5.93. The minimum atomic E-state index is -4.19. The van der Waals surface area contributed by atoms with E-state index in [1.54, 1.807) is 0 Å². The van der Waals surface area contributed by atoms with Gasteiger partial charge in [0.1, 0.15) is 6.33 Å². The van der Waals surface area contributed by atoms with E-state index in [1.807, 2.05) is 0 Å². The maximum Gasteiger partial charge on any atom is 0.294 e. The highest BCUT2D eigenvalue weighted by molar-refractivity contribution is 7.85. The molecule has 0 aliphatic heterocycles. The molecule has 94 valence electrons. The second-order valence-electron chi connectivity index (χ2n) is 3.29. The van der Waals surface area contributed by atoms with Crippen LogP contribution in [0.15, 0.2) is 35.5 Å². The standard InChI is InChI=1S/C9H9N5O3S/c10-8-11-5-12-9(14-8)13-6-1-3-7(4-2-6)18(15,16)17/h1-5H,(H,15,16,17)(H3,10,11,12,13,14). The summed E-state index contributed by atoms with van der Waals surface area (Å²) in [6.07, 6.45) is 1.25. The lowest BCUT2D eigenvalue weighted by Crippen LogP contribution is -2.02. The zero-order valence-electron chi connectivity index (χ0n) is 8.98. The molecule has 0 unspecified atom stereocenters. The van der Waals surface area contributed by atoms with Crippen LogP contribution in [0.2, 0.25) is 0 Å². The van der Waals surface area contributed by atoms with Crippen molar-refractivity contribution in [2.24, 2.45) is 0 Å². The number of anilines is 3. The predicted octanol–water partition coefficient (Wildman–Crippen LogP) is 0.444. The molecule has 0 fully saturated rings. The van der Waals surface area contributed by atoms with Crippen LogP contribution in [0.5, 0.6) is 0 Å². The molecular weight excluding hydrogens is 258 g/mol. The van der Waals surface area contributed by atoms with Gasteiger partial charge in [-0.2, -0.15) is 13.4 Å². The second-order valence-corrected chi connectivity index (χ2v) is 4.71. The smallest absolute Gasteiger partial charge is 0.294 e. The normalized spacial score (nSPS) is 11.2. The van der Waals surface area contributed by atoms with Gasteiger partial charge in [0, 0.05) is 5.69 Å². The molecule has 4 N–H and O–H groups in total. The molecule has 0 spiro atoms. The number of aromatic nitrogens is 3. The second kappa shape index (κ2) is 4.55. The van der Waals surface area contributed by atoms with E-state index in [0.29, 0.717) is 5.69 Å². The fourth-order valence-electron chi connectivity index (χ4n) is 1.21. The fourth-order valence-corrected chi connectivity index (χ4v) is 1.69. The summed E-state index contributed by atoms with van der Waals surface area (Å²) < 4.78 is 30.5. The van der Waals surface area contributed by atoms with Crippen LogP contribution >= 0.6 is 0 Å². The fraction of sp³-hybridized carbons (Fsp3) is 0.